The summed E-state index contributed by atoms with van der Waals surface area (Å²) >= 11 is 11.8. The Bertz CT molecular complexity index is 504. The van der Waals surface area contributed by atoms with E-state index in [2.05, 4.69) is 0 Å². The minimum Gasteiger partial charge on any atom is -0.479 e. The second-order valence-corrected chi connectivity index (χ2v) is 4.92. The Morgan fingerprint density at radius 2 is 1.89 bits per heavy atom. The van der Waals surface area contributed by atoms with Crippen molar-refractivity contribution >= 4 is 35.1 Å². The summed E-state index contributed by atoms with van der Waals surface area (Å²) in [5.74, 6) is -1.53. The normalized spacial score (nSPS) is 13.8. The van der Waals surface area contributed by atoms with Crippen LogP contribution in [0.15, 0.2) is 18.2 Å². The molecule has 0 radical (unpaired) electrons. The number of likely N-dealkylation sites (N-methyl/N-ethyl adjacent to an activating group) is 1. The molecule has 18 heavy (non-hydrogen) atoms. The van der Waals surface area contributed by atoms with Gasteiger partial charge in [0.05, 0.1) is 0 Å². The van der Waals surface area contributed by atoms with Gasteiger partial charge in [-0.3, -0.25) is 4.79 Å². The van der Waals surface area contributed by atoms with Gasteiger partial charge in [0.2, 0.25) is 5.91 Å². The number of benzene rings is 1. The van der Waals surface area contributed by atoms with Gasteiger partial charge in [-0.2, -0.15) is 0 Å². The molecule has 1 amide bonds. The van der Waals surface area contributed by atoms with Crippen LogP contribution in [0.3, 0.4) is 0 Å². The van der Waals surface area contributed by atoms with Gasteiger partial charge in [-0.05, 0) is 19.1 Å². The van der Waals surface area contributed by atoms with Gasteiger partial charge >= 0.3 is 5.97 Å². The zero-order valence-electron chi connectivity index (χ0n) is 10.2. The van der Waals surface area contributed by atoms with Crippen molar-refractivity contribution in [3.63, 3.8) is 0 Å². The predicted octanol–water partition coefficient (Wildman–Crippen LogP) is 2.77. The Balaban J connectivity index is 3.45. The lowest BCUT2D eigenvalue weighted by atomic mass is 9.90. The molecule has 0 saturated heterocycles. The fourth-order valence-electron chi connectivity index (χ4n) is 1.64. The third-order valence-electron chi connectivity index (χ3n) is 3.02. The van der Waals surface area contributed by atoms with E-state index in [9.17, 15) is 14.7 Å². The van der Waals surface area contributed by atoms with Crippen LogP contribution in [-0.4, -0.2) is 28.9 Å². The first kappa shape index (κ1) is 14.8. The van der Waals surface area contributed by atoms with Crippen molar-refractivity contribution in [1.29, 1.82) is 0 Å². The lowest BCUT2D eigenvalue weighted by Gasteiger charge is -2.35. The molecule has 0 bridgehead atoms. The summed E-state index contributed by atoms with van der Waals surface area (Å²) in [6, 6.07) is 4.50. The summed E-state index contributed by atoms with van der Waals surface area (Å²) in [7, 11) is 1.42. The van der Waals surface area contributed by atoms with Crippen molar-refractivity contribution in [2.75, 3.05) is 7.05 Å². The van der Waals surface area contributed by atoms with Crippen LogP contribution in [0.1, 0.15) is 19.4 Å². The Labute approximate surface area is 115 Å². The number of hydrogen-bond acceptors (Lipinski definition) is 2. The van der Waals surface area contributed by atoms with Crippen LogP contribution >= 0.6 is 23.2 Å². The largest absolute Gasteiger partial charge is 0.479 e. The van der Waals surface area contributed by atoms with Gasteiger partial charge in [0.15, 0.2) is 5.54 Å². The fourth-order valence-corrected chi connectivity index (χ4v) is 2.23. The number of rotatable bonds is 3. The number of hydrogen-bond donors (Lipinski definition) is 1. The molecule has 1 N–H and O–H groups in total. The Morgan fingerprint density at radius 3 is 2.28 bits per heavy atom. The molecule has 1 atom stereocenters. The highest BCUT2D eigenvalue weighted by atomic mass is 35.5. The van der Waals surface area contributed by atoms with Crippen molar-refractivity contribution in [3.8, 4) is 0 Å². The molecule has 6 heteroatoms. The maximum atomic E-state index is 11.5. The number of aliphatic carboxylic acids is 1. The molecule has 98 valence electrons. The molecule has 1 rings (SSSR count). The van der Waals surface area contributed by atoms with Crippen LogP contribution in [0.5, 0.6) is 0 Å². The number of amides is 1. The standard InChI is InChI=1S/C12H13Cl2NO3/c1-7(16)15(3)12(2,11(17)18)9-5-4-8(13)6-10(9)14/h4-6H,1-3H3,(H,17,18). The van der Waals surface area contributed by atoms with Crippen molar-refractivity contribution < 1.29 is 14.7 Å². The molecule has 0 aromatic heterocycles. The van der Waals surface area contributed by atoms with Gasteiger partial charge in [0.25, 0.3) is 0 Å². The third kappa shape index (κ3) is 2.44. The van der Waals surface area contributed by atoms with Gasteiger partial charge in [0.1, 0.15) is 0 Å². The van der Waals surface area contributed by atoms with Crippen molar-refractivity contribution in [1.82, 2.24) is 4.90 Å². The molecule has 1 unspecified atom stereocenters. The van der Waals surface area contributed by atoms with E-state index in [1.165, 1.54) is 39.1 Å². The molecule has 0 aliphatic rings. The van der Waals surface area contributed by atoms with Crippen molar-refractivity contribution in [3.05, 3.63) is 33.8 Å². The molecular formula is C12H13Cl2NO3. The highest BCUT2D eigenvalue weighted by molar-refractivity contribution is 6.35. The number of nitrogens with zero attached hydrogens (tertiary/aromatic N) is 1. The van der Waals surface area contributed by atoms with Crippen molar-refractivity contribution in [2.24, 2.45) is 0 Å². The lowest BCUT2D eigenvalue weighted by Crippen LogP contribution is -2.50. The average Bonchev–Trinajstić information content (AvgIpc) is 2.26. The predicted molar refractivity (Wildman–Crippen MR) is 69.9 cm³/mol. The van der Waals surface area contributed by atoms with Gasteiger partial charge in [-0.15, -0.1) is 0 Å². The van der Waals surface area contributed by atoms with E-state index in [4.69, 9.17) is 23.2 Å². The van der Waals surface area contributed by atoms with E-state index in [0.29, 0.717) is 10.6 Å². The van der Waals surface area contributed by atoms with Crippen LogP contribution < -0.4 is 0 Å². The summed E-state index contributed by atoms with van der Waals surface area (Å²) in [4.78, 5) is 24.1. The van der Waals surface area contributed by atoms with Crippen LogP contribution in [0.25, 0.3) is 0 Å². The summed E-state index contributed by atoms with van der Waals surface area (Å²) in [6.45, 7) is 2.72. The molecular weight excluding hydrogens is 277 g/mol. The summed E-state index contributed by atoms with van der Waals surface area (Å²) < 4.78 is 0. The monoisotopic (exact) mass is 289 g/mol. The minimum atomic E-state index is -1.53. The Hall–Kier alpha value is -1.26. The maximum absolute atomic E-state index is 11.5. The average molecular weight is 290 g/mol. The molecule has 4 nitrogen and oxygen atoms in total. The number of carbonyl (C=O) groups is 2. The molecule has 0 spiro atoms. The van der Waals surface area contributed by atoms with E-state index >= 15 is 0 Å². The molecule has 0 saturated carbocycles. The Kier molecular flexibility index (Phi) is 4.24. The van der Waals surface area contributed by atoms with E-state index < -0.39 is 11.5 Å². The van der Waals surface area contributed by atoms with E-state index in [-0.39, 0.29) is 10.9 Å². The number of carboxylic acid groups (broad SMARTS) is 1. The zero-order valence-corrected chi connectivity index (χ0v) is 11.7. The molecule has 0 aliphatic carbocycles. The summed E-state index contributed by atoms with van der Waals surface area (Å²) in [5, 5.41) is 10.0. The smallest absolute Gasteiger partial charge is 0.334 e. The van der Waals surface area contributed by atoms with Crippen LogP contribution in [0.2, 0.25) is 10.0 Å². The zero-order chi connectivity index (χ0) is 14.1. The first-order valence-electron chi connectivity index (χ1n) is 5.14. The molecule has 0 aliphatic heterocycles. The fraction of sp³-hybridized carbons (Fsp3) is 0.333. The van der Waals surface area contributed by atoms with Crippen LogP contribution in [0, 0.1) is 0 Å². The topological polar surface area (TPSA) is 57.6 Å². The quantitative estimate of drug-likeness (QED) is 0.931. The first-order chi connectivity index (χ1) is 8.21. The maximum Gasteiger partial charge on any atom is 0.334 e. The van der Waals surface area contributed by atoms with Gasteiger partial charge < -0.3 is 10.0 Å². The first-order valence-corrected chi connectivity index (χ1v) is 5.90. The minimum absolute atomic E-state index is 0.209. The SMILES string of the molecule is CC(=O)N(C)C(C)(C(=O)O)c1ccc(Cl)cc1Cl. The second kappa shape index (κ2) is 5.16. The second-order valence-electron chi connectivity index (χ2n) is 4.08. The number of carboxylic acids is 1. The number of carbonyl (C=O) groups excluding carboxylic acids is 1. The van der Waals surface area contributed by atoms with Crippen LogP contribution in [0.4, 0.5) is 0 Å². The summed E-state index contributed by atoms with van der Waals surface area (Å²) in [5.41, 5.74) is -1.22. The van der Waals surface area contributed by atoms with Gasteiger partial charge in [0, 0.05) is 29.6 Å². The molecule has 0 heterocycles. The third-order valence-corrected chi connectivity index (χ3v) is 3.56. The van der Waals surface area contributed by atoms with Crippen molar-refractivity contribution in [2.45, 2.75) is 19.4 Å². The van der Waals surface area contributed by atoms with Gasteiger partial charge in [-0.1, -0.05) is 29.3 Å². The summed E-state index contributed by atoms with van der Waals surface area (Å²) in [6.07, 6.45) is 0. The highest BCUT2D eigenvalue weighted by Crippen LogP contribution is 2.34. The highest BCUT2D eigenvalue weighted by Gasteiger charge is 2.42. The lowest BCUT2D eigenvalue weighted by molar-refractivity contribution is -0.156. The Morgan fingerprint density at radius 1 is 1.33 bits per heavy atom. The van der Waals surface area contributed by atoms with Crippen LogP contribution in [-0.2, 0) is 15.1 Å². The van der Waals surface area contributed by atoms with Gasteiger partial charge in [-0.25, -0.2) is 4.79 Å². The van der Waals surface area contributed by atoms with E-state index in [1.807, 2.05) is 0 Å². The molecule has 0 fully saturated rings. The molecule has 1 aromatic rings. The molecule has 1 aromatic carbocycles. The van der Waals surface area contributed by atoms with E-state index in [0.717, 1.165) is 4.90 Å². The van der Waals surface area contributed by atoms with E-state index in [1.54, 1.807) is 0 Å². The number of halogens is 2.